The first-order chi connectivity index (χ1) is 17.2. The van der Waals surface area contributed by atoms with Gasteiger partial charge in [0.05, 0.1) is 29.3 Å². The monoisotopic (exact) mass is 488 g/mol. The number of nitrogens with one attached hydrogen (secondary N) is 2. The van der Waals surface area contributed by atoms with Crippen molar-refractivity contribution in [1.29, 1.82) is 0 Å². The molecule has 4 aromatic rings. The summed E-state index contributed by atoms with van der Waals surface area (Å²) in [7, 11) is 0. The molecule has 0 aliphatic carbocycles. The average Bonchev–Trinajstić information content (AvgIpc) is 2.89. The van der Waals surface area contributed by atoms with E-state index in [4.69, 9.17) is 11.6 Å². The second kappa shape index (κ2) is 10.6. The minimum atomic E-state index is -0.0417. The first-order valence-corrected chi connectivity index (χ1v) is 11.8. The Morgan fingerprint density at radius 3 is 2.63 bits per heavy atom. The lowest BCUT2D eigenvalue weighted by atomic mass is 10.2. The van der Waals surface area contributed by atoms with E-state index in [9.17, 15) is 4.79 Å². The first kappa shape index (κ1) is 22.9. The molecular weight excluding hydrogens is 464 g/mol. The number of rotatable bonds is 7. The molecule has 4 heterocycles. The minimum Gasteiger partial charge on any atom is -0.353 e. The molecule has 0 unspecified atom stereocenters. The molecule has 1 fully saturated rings. The van der Waals surface area contributed by atoms with Crippen molar-refractivity contribution in [3.05, 3.63) is 77.8 Å². The fourth-order valence-corrected chi connectivity index (χ4v) is 4.26. The number of pyridine rings is 2. The minimum absolute atomic E-state index is 0.0417. The molecule has 3 aromatic heterocycles. The van der Waals surface area contributed by atoms with Crippen LogP contribution in [-0.4, -0.2) is 63.5 Å². The highest BCUT2D eigenvalue weighted by Crippen LogP contribution is 2.25. The molecular formula is C25H25ClN8O. The predicted molar refractivity (Wildman–Crippen MR) is 138 cm³/mol. The van der Waals surface area contributed by atoms with Crippen molar-refractivity contribution in [3.63, 3.8) is 0 Å². The number of benzene rings is 1. The Bertz CT molecular complexity index is 1310. The number of carbonyl (C=O) groups is 1. The van der Waals surface area contributed by atoms with Crippen molar-refractivity contribution in [2.75, 3.05) is 48.3 Å². The van der Waals surface area contributed by atoms with E-state index in [-0.39, 0.29) is 5.91 Å². The van der Waals surface area contributed by atoms with Crippen LogP contribution in [0.5, 0.6) is 0 Å². The summed E-state index contributed by atoms with van der Waals surface area (Å²) in [5.74, 6) is 1.36. The van der Waals surface area contributed by atoms with E-state index in [2.05, 4.69) is 40.4 Å². The Morgan fingerprint density at radius 2 is 1.83 bits per heavy atom. The molecule has 0 atom stereocenters. The van der Waals surface area contributed by atoms with Crippen LogP contribution in [-0.2, 0) is 11.3 Å². The third kappa shape index (κ3) is 5.64. The zero-order valence-electron chi connectivity index (χ0n) is 19.1. The van der Waals surface area contributed by atoms with Crippen LogP contribution >= 0.6 is 11.6 Å². The van der Waals surface area contributed by atoms with Gasteiger partial charge in [0.2, 0.25) is 11.9 Å². The van der Waals surface area contributed by atoms with Crippen molar-refractivity contribution in [2.45, 2.75) is 6.54 Å². The highest BCUT2D eigenvalue weighted by atomic mass is 35.5. The Labute approximate surface area is 208 Å². The number of piperazine rings is 1. The molecule has 1 saturated heterocycles. The quantitative estimate of drug-likeness (QED) is 0.408. The summed E-state index contributed by atoms with van der Waals surface area (Å²) in [6.07, 6.45) is 6.91. The molecule has 0 spiro atoms. The van der Waals surface area contributed by atoms with Gasteiger partial charge in [-0.05, 0) is 29.8 Å². The van der Waals surface area contributed by atoms with Gasteiger partial charge in [-0.3, -0.25) is 14.7 Å². The van der Waals surface area contributed by atoms with Gasteiger partial charge in [-0.1, -0.05) is 29.8 Å². The summed E-state index contributed by atoms with van der Waals surface area (Å²) in [6.45, 7) is 3.93. The number of amides is 1. The van der Waals surface area contributed by atoms with E-state index in [0.717, 1.165) is 48.5 Å². The van der Waals surface area contributed by atoms with Gasteiger partial charge in [0.15, 0.2) is 0 Å². The topological polar surface area (TPSA) is 99.2 Å². The van der Waals surface area contributed by atoms with Gasteiger partial charge in [0.1, 0.15) is 5.82 Å². The number of aromatic nitrogens is 4. The van der Waals surface area contributed by atoms with E-state index < -0.39 is 0 Å². The molecule has 1 aliphatic heterocycles. The molecule has 10 heteroatoms. The summed E-state index contributed by atoms with van der Waals surface area (Å²) >= 11 is 6.24. The third-order valence-corrected chi connectivity index (χ3v) is 6.24. The van der Waals surface area contributed by atoms with E-state index in [1.54, 1.807) is 24.7 Å². The van der Waals surface area contributed by atoms with Crippen LogP contribution in [0.4, 0.5) is 17.5 Å². The number of hydrogen-bond donors (Lipinski definition) is 2. The van der Waals surface area contributed by atoms with Crippen LogP contribution in [0, 0.1) is 0 Å². The molecule has 0 bridgehead atoms. The third-order valence-electron chi connectivity index (χ3n) is 5.87. The number of fused-ring (bicyclic) bond motifs is 1. The van der Waals surface area contributed by atoms with Crippen molar-refractivity contribution in [2.24, 2.45) is 0 Å². The predicted octanol–water partition coefficient (Wildman–Crippen LogP) is 3.45. The maximum atomic E-state index is 12.4. The summed E-state index contributed by atoms with van der Waals surface area (Å²) < 4.78 is 0. The fourth-order valence-electron chi connectivity index (χ4n) is 4.05. The average molecular weight is 489 g/mol. The van der Waals surface area contributed by atoms with E-state index in [0.29, 0.717) is 29.7 Å². The summed E-state index contributed by atoms with van der Waals surface area (Å²) in [5.41, 5.74) is 2.52. The van der Waals surface area contributed by atoms with Gasteiger partial charge in [-0.25, -0.2) is 15.0 Å². The fraction of sp³-hybridized carbons (Fsp3) is 0.240. The van der Waals surface area contributed by atoms with E-state index in [1.807, 2.05) is 42.6 Å². The molecule has 178 valence electrons. The molecule has 35 heavy (non-hydrogen) atoms. The van der Waals surface area contributed by atoms with Gasteiger partial charge < -0.3 is 15.5 Å². The molecule has 2 N–H and O–H groups in total. The summed E-state index contributed by atoms with van der Waals surface area (Å²) in [5, 5.41) is 7.74. The normalized spacial score (nSPS) is 14.1. The van der Waals surface area contributed by atoms with Gasteiger partial charge >= 0.3 is 0 Å². The number of hydrogen-bond acceptors (Lipinski definition) is 8. The van der Waals surface area contributed by atoms with Crippen LogP contribution < -0.4 is 15.5 Å². The molecule has 1 aliphatic rings. The lowest BCUT2D eigenvalue weighted by Gasteiger charge is -2.35. The van der Waals surface area contributed by atoms with Gasteiger partial charge in [0, 0.05) is 56.3 Å². The number of nitrogens with zero attached hydrogens (tertiary/aromatic N) is 6. The van der Waals surface area contributed by atoms with Crippen LogP contribution in [0.2, 0.25) is 5.02 Å². The Morgan fingerprint density at radius 1 is 0.971 bits per heavy atom. The maximum absolute atomic E-state index is 12.4. The number of carbonyl (C=O) groups excluding carboxylic acids is 1. The largest absolute Gasteiger partial charge is 0.353 e. The lowest BCUT2D eigenvalue weighted by molar-refractivity contribution is -0.117. The van der Waals surface area contributed by atoms with Gasteiger partial charge in [-0.15, -0.1) is 0 Å². The van der Waals surface area contributed by atoms with Crippen LogP contribution in [0.1, 0.15) is 5.56 Å². The van der Waals surface area contributed by atoms with Crippen LogP contribution in [0.25, 0.3) is 10.9 Å². The zero-order valence-corrected chi connectivity index (χ0v) is 19.8. The van der Waals surface area contributed by atoms with Crippen LogP contribution in [0.15, 0.2) is 67.3 Å². The van der Waals surface area contributed by atoms with Gasteiger partial charge in [0.25, 0.3) is 0 Å². The van der Waals surface area contributed by atoms with E-state index >= 15 is 0 Å². The highest BCUT2D eigenvalue weighted by molar-refractivity contribution is 6.31. The molecule has 5 rings (SSSR count). The standard InChI is InChI=1S/C25H25ClN8O/c26-21-6-2-1-4-18(21)14-29-25-30-16-20-22(32-25)7-9-28-24(20)34-12-10-33(11-13-34)17-23(35)31-19-5-3-8-27-15-19/h1-9,15-16H,10-14,17H2,(H,31,35)(H,29,30,32). The van der Waals surface area contributed by atoms with Crippen LogP contribution in [0.3, 0.4) is 0 Å². The molecule has 0 saturated carbocycles. The van der Waals surface area contributed by atoms with E-state index in [1.165, 1.54) is 0 Å². The summed E-state index contributed by atoms with van der Waals surface area (Å²) in [4.78, 5) is 34.5. The number of anilines is 3. The SMILES string of the molecule is O=C(CN1CCN(c2nccc3nc(NCc4ccccc4Cl)ncc23)CC1)Nc1cccnc1. The molecule has 9 nitrogen and oxygen atoms in total. The zero-order chi connectivity index (χ0) is 24.0. The molecule has 1 aromatic carbocycles. The van der Waals surface area contributed by atoms with Gasteiger partial charge in [-0.2, -0.15) is 0 Å². The van der Waals surface area contributed by atoms with Crippen molar-refractivity contribution >= 4 is 45.9 Å². The summed E-state index contributed by atoms with van der Waals surface area (Å²) in [6, 6.07) is 13.2. The maximum Gasteiger partial charge on any atom is 0.238 e. The second-order valence-corrected chi connectivity index (χ2v) is 8.67. The lowest BCUT2D eigenvalue weighted by Crippen LogP contribution is -2.49. The second-order valence-electron chi connectivity index (χ2n) is 8.26. The Balaban J connectivity index is 1.20. The number of halogens is 1. The smallest absolute Gasteiger partial charge is 0.238 e. The van der Waals surface area contributed by atoms with Crippen molar-refractivity contribution in [1.82, 2.24) is 24.8 Å². The molecule has 1 amide bonds. The molecule has 0 radical (unpaired) electrons. The van der Waals surface area contributed by atoms with Crippen molar-refractivity contribution in [3.8, 4) is 0 Å². The first-order valence-electron chi connectivity index (χ1n) is 11.4. The highest BCUT2D eigenvalue weighted by Gasteiger charge is 2.21. The Kier molecular flexibility index (Phi) is 6.97. The van der Waals surface area contributed by atoms with Crippen molar-refractivity contribution < 1.29 is 4.79 Å². The Hall–Kier alpha value is -3.82.